The number of hydrogen-bond donors (Lipinski definition) is 1. The molecule has 0 saturated carbocycles. The predicted molar refractivity (Wildman–Crippen MR) is 109 cm³/mol. The Hall–Kier alpha value is -3.33. The van der Waals surface area contributed by atoms with E-state index < -0.39 is 5.97 Å². The zero-order chi connectivity index (χ0) is 20.5. The minimum atomic E-state index is -0.407. The van der Waals surface area contributed by atoms with E-state index in [4.69, 9.17) is 4.74 Å². The van der Waals surface area contributed by atoms with Gasteiger partial charge in [0.2, 0.25) is 11.9 Å². The average Bonchev–Trinajstić information content (AvgIpc) is 3.19. The van der Waals surface area contributed by atoms with Crippen molar-refractivity contribution in [3.8, 4) is 0 Å². The number of ether oxygens (including phenoxy) is 1. The Labute approximate surface area is 172 Å². The molecular weight excluding hydrogens is 390 g/mol. The summed E-state index contributed by atoms with van der Waals surface area (Å²) in [7, 11) is 1.71. The largest absolute Gasteiger partial charge is 0.458 e. The van der Waals surface area contributed by atoms with Crippen LogP contribution < -0.4 is 10.2 Å². The van der Waals surface area contributed by atoms with Crippen molar-refractivity contribution in [1.29, 1.82) is 0 Å². The van der Waals surface area contributed by atoms with Crippen molar-refractivity contribution in [1.82, 2.24) is 20.3 Å². The number of carbonyl (C=O) groups is 2. The van der Waals surface area contributed by atoms with E-state index in [0.717, 1.165) is 5.56 Å². The summed E-state index contributed by atoms with van der Waals surface area (Å²) in [4.78, 5) is 38.2. The molecule has 0 bridgehead atoms. The van der Waals surface area contributed by atoms with Gasteiger partial charge in [0.25, 0.3) is 0 Å². The molecule has 0 fully saturated rings. The van der Waals surface area contributed by atoms with Crippen LogP contribution in [0.2, 0.25) is 0 Å². The molecule has 0 radical (unpaired) electrons. The van der Waals surface area contributed by atoms with Gasteiger partial charge in [-0.1, -0.05) is 30.3 Å². The Morgan fingerprint density at radius 1 is 1.14 bits per heavy atom. The number of likely N-dealkylation sites (N-methyl/N-ethyl adjacent to an activating group) is 1. The maximum atomic E-state index is 12.1. The molecule has 0 unspecified atom stereocenters. The zero-order valence-electron chi connectivity index (χ0n) is 15.9. The number of esters is 1. The van der Waals surface area contributed by atoms with E-state index in [-0.39, 0.29) is 25.5 Å². The van der Waals surface area contributed by atoms with E-state index in [9.17, 15) is 9.59 Å². The van der Waals surface area contributed by atoms with Crippen molar-refractivity contribution in [3.05, 3.63) is 70.4 Å². The van der Waals surface area contributed by atoms with E-state index in [2.05, 4.69) is 20.3 Å². The van der Waals surface area contributed by atoms with E-state index in [1.165, 1.54) is 11.3 Å². The smallest absolute Gasteiger partial charge is 0.326 e. The second-order valence-corrected chi connectivity index (χ2v) is 7.18. The number of carbonyl (C=O) groups excluding carboxylic acids is 2. The lowest BCUT2D eigenvalue weighted by Crippen LogP contribution is -2.28. The molecule has 0 atom stereocenters. The number of nitrogens with zero attached hydrogens (tertiary/aromatic N) is 4. The number of aromatic nitrogens is 3. The van der Waals surface area contributed by atoms with Crippen LogP contribution in [0.25, 0.3) is 0 Å². The van der Waals surface area contributed by atoms with E-state index in [1.807, 2.05) is 30.3 Å². The molecule has 3 aromatic rings. The lowest BCUT2D eigenvalue weighted by atomic mass is 10.2. The number of anilines is 1. The molecule has 1 amide bonds. The molecule has 9 heteroatoms. The van der Waals surface area contributed by atoms with E-state index in [1.54, 1.807) is 35.8 Å². The van der Waals surface area contributed by atoms with Gasteiger partial charge in [0.15, 0.2) is 0 Å². The van der Waals surface area contributed by atoms with Gasteiger partial charge in [0.1, 0.15) is 18.2 Å². The number of thiazole rings is 1. The first-order valence-corrected chi connectivity index (χ1v) is 9.86. The van der Waals surface area contributed by atoms with Gasteiger partial charge in [-0.2, -0.15) is 0 Å². The summed E-state index contributed by atoms with van der Waals surface area (Å²) in [6.07, 6.45) is 3.41. The fourth-order valence-electron chi connectivity index (χ4n) is 2.45. The Morgan fingerprint density at radius 2 is 1.90 bits per heavy atom. The number of benzene rings is 1. The van der Waals surface area contributed by atoms with Crippen LogP contribution >= 0.6 is 11.3 Å². The number of hydrogen-bond acceptors (Lipinski definition) is 8. The summed E-state index contributed by atoms with van der Waals surface area (Å²) in [5.74, 6) is -0.0618. The van der Waals surface area contributed by atoms with Crippen LogP contribution in [0.3, 0.4) is 0 Å². The fourth-order valence-corrected chi connectivity index (χ4v) is 3.22. The Kier molecular flexibility index (Phi) is 7.23. The Morgan fingerprint density at radius 3 is 2.66 bits per heavy atom. The molecule has 1 aromatic carbocycles. The highest BCUT2D eigenvalue weighted by Gasteiger charge is 2.13. The summed E-state index contributed by atoms with van der Waals surface area (Å²) in [5, 5.41) is 5.34. The number of nitrogens with one attached hydrogen (secondary N) is 1. The molecule has 0 aliphatic rings. The van der Waals surface area contributed by atoms with Crippen LogP contribution in [0, 0.1) is 0 Å². The van der Waals surface area contributed by atoms with Crippen molar-refractivity contribution in [2.24, 2.45) is 0 Å². The summed E-state index contributed by atoms with van der Waals surface area (Å²) in [6, 6.07) is 11.4. The van der Waals surface area contributed by atoms with Gasteiger partial charge in [0.05, 0.1) is 12.1 Å². The molecule has 8 nitrogen and oxygen atoms in total. The molecule has 3 rings (SSSR count). The van der Waals surface area contributed by atoms with E-state index >= 15 is 0 Å². The first kappa shape index (κ1) is 20.4. The van der Waals surface area contributed by atoms with Gasteiger partial charge in [0, 0.05) is 31.4 Å². The van der Waals surface area contributed by atoms with Crippen LogP contribution in [0.15, 0.2) is 54.2 Å². The first-order valence-electron chi connectivity index (χ1n) is 8.98. The number of rotatable bonds is 9. The van der Waals surface area contributed by atoms with Gasteiger partial charge in [-0.15, -0.1) is 11.3 Å². The molecular formula is C20H21N5O3S. The third kappa shape index (κ3) is 6.65. The van der Waals surface area contributed by atoms with Crippen molar-refractivity contribution in [2.45, 2.75) is 19.6 Å². The van der Waals surface area contributed by atoms with Crippen molar-refractivity contribution in [2.75, 3.05) is 18.5 Å². The minimum Gasteiger partial charge on any atom is -0.458 e. The summed E-state index contributed by atoms with van der Waals surface area (Å²) in [5.41, 5.74) is 1.66. The van der Waals surface area contributed by atoms with Gasteiger partial charge in [-0.25, -0.2) is 15.0 Å². The predicted octanol–water partition coefficient (Wildman–Crippen LogP) is 1.97. The second kappa shape index (κ2) is 10.3. The van der Waals surface area contributed by atoms with Gasteiger partial charge >= 0.3 is 5.97 Å². The molecule has 150 valence electrons. The molecule has 0 aliphatic heterocycles. The van der Waals surface area contributed by atoms with Gasteiger partial charge in [-0.05, 0) is 11.6 Å². The normalized spacial score (nSPS) is 10.4. The van der Waals surface area contributed by atoms with Crippen molar-refractivity contribution >= 4 is 29.2 Å². The zero-order valence-corrected chi connectivity index (χ0v) is 16.8. The van der Waals surface area contributed by atoms with Crippen molar-refractivity contribution in [3.63, 3.8) is 0 Å². The molecule has 0 saturated heterocycles. The quantitative estimate of drug-likeness (QED) is 0.538. The minimum absolute atomic E-state index is 0.0307. The Balaban J connectivity index is 1.40. The van der Waals surface area contributed by atoms with Crippen LogP contribution in [-0.2, 0) is 33.9 Å². The standard InChI is InChI=1S/C20H21N5O3S/c1-25(20-21-8-5-9-22-20)12-19(27)28-13-16-14-29-18(24-16)10-17(26)23-11-15-6-3-2-4-7-15/h2-9,14H,10-13H2,1H3,(H,23,26). The maximum absolute atomic E-state index is 12.1. The lowest BCUT2D eigenvalue weighted by Gasteiger charge is -2.15. The summed E-state index contributed by atoms with van der Waals surface area (Å²) >= 11 is 1.37. The van der Waals surface area contributed by atoms with Crippen LogP contribution in [-0.4, -0.2) is 40.4 Å². The van der Waals surface area contributed by atoms with E-state index in [0.29, 0.717) is 23.2 Å². The molecule has 29 heavy (non-hydrogen) atoms. The second-order valence-electron chi connectivity index (χ2n) is 6.24. The highest BCUT2D eigenvalue weighted by atomic mass is 32.1. The van der Waals surface area contributed by atoms with Gasteiger partial charge in [-0.3, -0.25) is 9.59 Å². The van der Waals surface area contributed by atoms with Crippen LogP contribution in [0.5, 0.6) is 0 Å². The highest BCUT2D eigenvalue weighted by molar-refractivity contribution is 7.09. The molecule has 2 heterocycles. The average molecular weight is 411 g/mol. The maximum Gasteiger partial charge on any atom is 0.326 e. The lowest BCUT2D eigenvalue weighted by molar-refractivity contribution is -0.143. The Bertz CT molecular complexity index is 934. The van der Waals surface area contributed by atoms with Crippen LogP contribution in [0.1, 0.15) is 16.3 Å². The monoisotopic (exact) mass is 411 g/mol. The molecule has 0 spiro atoms. The number of amides is 1. The third-order valence-corrected chi connectivity index (χ3v) is 4.78. The molecule has 0 aliphatic carbocycles. The highest BCUT2D eigenvalue weighted by Crippen LogP contribution is 2.12. The summed E-state index contributed by atoms with van der Waals surface area (Å²) < 4.78 is 5.25. The van der Waals surface area contributed by atoms with Crippen molar-refractivity contribution < 1.29 is 14.3 Å². The SMILES string of the molecule is CN(CC(=O)OCc1csc(CC(=O)NCc2ccccc2)n1)c1ncccn1. The molecule has 1 N–H and O–H groups in total. The fraction of sp³-hybridized carbons (Fsp3) is 0.250. The first-order chi connectivity index (χ1) is 14.1. The topological polar surface area (TPSA) is 97.3 Å². The third-order valence-electron chi connectivity index (χ3n) is 3.88. The molecule has 2 aromatic heterocycles. The summed E-state index contributed by atoms with van der Waals surface area (Å²) in [6.45, 7) is 0.571. The van der Waals surface area contributed by atoms with Gasteiger partial charge < -0.3 is 15.0 Å². The van der Waals surface area contributed by atoms with Crippen LogP contribution in [0.4, 0.5) is 5.95 Å².